The van der Waals surface area contributed by atoms with E-state index in [0.717, 1.165) is 49.3 Å². The molecule has 7 nitrogen and oxygen atoms in total. The van der Waals surface area contributed by atoms with Gasteiger partial charge in [0.2, 0.25) is 0 Å². The van der Waals surface area contributed by atoms with Crippen molar-refractivity contribution in [3.8, 4) is 0 Å². The minimum atomic E-state index is 0.0403. The van der Waals surface area contributed by atoms with E-state index in [-0.39, 0.29) is 11.9 Å². The SMILES string of the molecule is CCn1ncc2c(N[C@H](C)C3CCCCC3)c(C(=O)N(C)C3CCN(Cc4ccccc4)C3)cnc21. The minimum Gasteiger partial charge on any atom is -0.381 e. The molecular formula is C29H40N6O. The number of likely N-dealkylation sites (tertiary alicyclic amines) is 1. The fourth-order valence-electron chi connectivity index (χ4n) is 6.02. The van der Waals surface area contributed by atoms with E-state index in [1.807, 2.05) is 22.8 Å². The van der Waals surface area contributed by atoms with E-state index in [2.05, 4.69) is 59.5 Å². The summed E-state index contributed by atoms with van der Waals surface area (Å²) in [5.41, 5.74) is 3.71. The average molecular weight is 489 g/mol. The van der Waals surface area contributed by atoms with Crippen LogP contribution < -0.4 is 5.32 Å². The second-order valence-electron chi connectivity index (χ2n) is 10.7. The lowest BCUT2D eigenvalue weighted by Gasteiger charge is -2.31. The van der Waals surface area contributed by atoms with Crippen molar-refractivity contribution in [2.24, 2.45) is 5.92 Å². The molecule has 1 aromatic carbocycles. The number of hydrogen-bond donors (Lipinski definition) is 1. The summed E-state index contributed by atoms with van der Waals surface area (Å²) in [6.45, 7) is 7.90. The van der Waals surface area contributed by atoms with E-state index < -0.39 is 0 Å². The lowest BCUT2D eigenvalue weighted by Crippen LogP contribution is -2.39. The normalized spacial score (nSPS) is 20.0. The van der Waals surface area contributed by atoms with Gasteiger partial charge in [0, 0.05) is 51.5 Å². The predicted molar refractivity (Wildman–Crippen MR) is 145 cm³/mol. The highest BCUT2D eigenvalue weighted by Gasteiger charge is 2.31. The van der Waals surface area contributed by atoms with Gasteiger partial charge in [-0.2, -0.15) is 5.10 Å². The van der Waals surface area contributed by atoms with Gasteiger partial charge in [-0.25, -0.2) is 9.67 Å². The van der Waals surface area contributed by atoms with E-state index in [9.17, 15) is 4.79 Å². The summed E-state index contributed by atoms with van der Waals surface area (Å²) < 4.78 is 1.90. The van der Waals surface area contributed by atoms with Crippen LogP contribution in [0.4, 0.5) is 5.69 Å². The van der Waals surface area contributed by atoms with Gasteiger partial charge in [-0.3, -0.25) is 9.69 Å². The van der Waals surface area contributed by atoms with Crippen molar-refractivity contribution in [2.45, 2.75) is 77.5 Å². The fourth-order valence-corrected chi connectivity index (χ4v) is 6.02. The topological polar surface area (TPSA) is 66.3 Å². The van der Waals surface area contributed by atoms with Gasteiger partial charge in [0.1, 0.15) is 0 Å². The van der Waals surface area contributed by atoms with Crippen LogP contribution in [-0.2, 0) is 13.1 Å². The Labute approximate surface area is 214 Å². The quantitative estimate of drug-likeness (QED) is 0.473. The predicted octanol–water partition coefficient (Wildman–Crippen LogP) is 5.18. The smallest absolute Gasteiger partial charge is 0.257 e. The van der Waals surface area contributed by atoms with E-state index in [1.165, 1.54) is 37.7 Å². The van der Waals surface area contributed by atoms with Crippen LogP contribution in [0.5, 0.6) is 0 Å². The largest absolute Gasteiger partial charge is 0.381 e. The zero-order chi connectivity index (χ0) is 25.1. The van der Waals surface area contributed by atoms with E-state index in [0.29, 0.717) is 17.5 Å². The van der Waals surface area contributed by atoms with Gasteiger partial charge in [-0.15, -0.1) is 0 Å². The number of benzene rings is 1. The Hall–Kier alpha value is -2.93. The molecule has 1 N–H and O–H groups in total. The molecule has 2 aliphatic rings. The second kappa shape index (κ2) is 11.0. The number of aromatic nitrogens is 3. The van der Waals surface area contributed by atoms with Crippen molar-refractivity contribution in [3.63, 3.8) is 0 Å². The monoisotopic (exact) mass is 488 g/mol. The number of pyridine rings is 1. The van der Waals surface area contributed by atoms with Gasteiger partial charge in [0.15, 0.2) is 5.65 Å². The lowest BCUT2D eigenvalue weighted by molar-refractivity contribution is 0.0735. The zero-order valence-electron chi connectivity index (χ0n) is 22.0. The van der Waals surface area contributed by atoms with Gasteiger partial charge in [0.25, 0.3) is 5.91 Å². The molecule has 0 radical (unpaired) electrons. The van der Waals surface area contributed by atoms with Crippen molar-refractivity contribution in [1.29, 1.82) is 0 Å². The van der Waals surface area contributed by atoms with Gasteiger partial charge < -0.3 is 10.2 Å². The third kappa shape index (κ3) is 5.12. The molecule has 3 aromatic rings. The van der Waals surface area contributed by atoms with Gasteiger partial charge in [0.05, 0.1) is 22.8 Å². The number of likely N-dealkylation sites (N-methyl/N-ethyl adjacent to an activating group) is 1. The molecule has 3 heterocycles. The maximum atomic E-state index is 13.9. The molecule has 2 fully saturated rings. The Bertz CT molecular complexity index is 1170. The van der Waals surface area contributed by atoms with Crippen LogP contribution in [0.1, 0.15) is 68.3 Å². The maximum absolute atomic E-state index is 13.9. The summed E-state index contributed by atoms with van der Waals surface area (Å²) in [5.74, 6) is 0.670. The number of aryl methyl sites for hydroxylation is 1. The molecule has 2 atom stereocenters. The fraction of sp³-hybridized carbons (Fsp3) is 0.552. The number of hydrogen-bond acceptors (Lipinski definition) is 5. The Kier molecular flexibility index (Phi) is 7.56. The van der Waals surface area contributed by atoms with E-state index in [4.69, 9.17) is 4.98 Å². The summed E-state index contributed by atoms with van der Waals surface area (Å²) in [4.78, 5) is 23.0. The number of amides is 1. The Balaban J connectivity index is 1.37. The molecule has 0 spiro atoms. The molecule has 1 amide bonds. The third-order valence-electron chi connectivity index (χ3n) is 8.29. The van der Waals surface area contributed by atoms with Gasteiger partial charge in [-0.1, -0.05) is 49.6 Å². The first-order valence-corrected chi connectivity index (χ1v) is 13.7. The van der Waals surface area contributed by atoms with Crippen molar-refractivity contribution < 1.29 is 4.79 Å². The lowest BCUT2D eigenvalue weighted by atomic mass is 9.84. The Morgan fingerprint density at radius 1 is 1.14 bits per heavy atom. The molecule has 1 saturated heterocycles. The molecular weight excluding hydrogens is 448 g/mol. The molecule has 36 heavy (non-hydrogen) atoms. The van der Waals surface area contributed by atoms with Crippen molar-refractivity contribution in [3.05, 3.63) is 53.9 Å². The minimum absolute atomic E-state index is 0.0403. The van der Waals surface area contributed by atoms with E-state index >= 15 is 0 Å². The van der Waals surface area contributed by atoms with Crippen LogP contribution >= 0.6 is 0 Å². The maximum Gasteiger partial charge on any atom is 0.257 e. The molecule has 0 bridgehead atoms. The van der Waals surface area contributed by atoms with Crippen LogP contribution in [0.25, 0.3) is 11.0 Å². The molecule has 1 saturated carbocycles. The molecule has 5 rings (SSSR count). The first kappa shape index (κ1) is 24.8. The molecule has 7 heteroatoms. The average Bonchev–Trinajstić information content (AvgIpc) is 3.56. The number of rotatable bonds is 8. The van der Waals surface area contributed by atoms with Crippen molar-refractivity contribution >= 4 is 22.6 Å². The number of carbonyl (C=O) groups excluding carboxylic acids is 1. The van der Waals surface area contributed by atoms with Crippen LogP contribution in [0, 0.1) is 5.92 Å². The van der Waals surface area contributed by atoms with Crippen LogP contribution in [-0.4, -0.2) is 62.7 Å². The van der Waals surface area contributed by atoms with Crippen molar-refractivity contribution in [1.82, 2.24) is 24.6 Å². The second-order valence-corrected chi connectivity index (χ2v) is 10.7. The molecule has 2 aromatic heterocycles. The highest BCUT2D eigenvalue weighted by molar-refractivity contribution is 6.06. The van der Waals surface area contributed by atoms with Crippen molar-refractivity contribution in [2.75, 3.05) is 25.5 Å². The summed E-state index contributed by atoms with van der Waals surface area (Å²) >= 11 is 0. The summed E-state index contributed by atoms with van der Waals surface area (Å²) in [6.07, 6.45) is 11.1. The molecule has 1 aliphatic carbocycles. The van der Waals surface area contributed by atoms with Crippen LogP contribution in [0.2, 0.25) is 0 Å². The third-order valence-corrected chi connectivity index (χ3v) is 8.29. The highest BCUT2D eigenvalue weighted by atomic mass is 16.2. The van der Waals surface area contributed by atoms with E-state index in [1.54, 1.807) is 6.20 Å². The zero-order valence-corrected chi connectivity index (χ0v) is 22.0. The number of nitrogens with one attached hydrogen (secondary N) is 1. The number of fused-ring (bicyclic) bond motifs is 1. The summed E-state index contributed by atoms with van der Waals surface area (Å²) in [7, 11) is 1.95. The van der Waals surface area contributed by atoms with Gasteiger partial charge >= 0.3 is 0 Å². The first-order valence-electron chi connectivity index (χ1n) is 13.7. The molecule has 1 unspecified atom stereocenters. The molecule has 192 valence electrons. The van der Waals surface area contributed by atoms with Crippen LogP contribution in [0.15, 0.2) is 42.7 Å². The number of carbonyl (C=O) groups is 1. The molecule has 1 aliphatic heterocycles. The highest BCUT2D eigenvalue weighted by Crippen LogP contribution is 2.33. The van der Waals surface area contributed by atoms with Crippen LogP contribution in [0.3, 0.4) is 0 Å². The number of nitrogens with zero attached hydrogens (tertiary/aromatic N) is 5. The van der Waals surface area contributed by atoms with Gasteiger partial charge in [-0.05, 0) is 44.6 Å². The summed E-state index contributed by atoms with van der Waals surface area (Å²) in [5, 5.41) is 9.27. The number of anilines is 1. The Morgan fingerprint density at radius 2 is 1.92 bits per heavy atom. The summed E-state index contributed by atoms with van der Waals surface area (Å²) in [6, 6.07) is 11.1. The first-order chi connectivity index (χ1) is 17.5. The Morgan fingerprint density at radius 3 is 2.67 bits per heavy atom. The standard InChI is InChI=1S/C29H40N6O/c1-4-35-28-25(18-31-35)27(32-21(2)23-13-9-6-10-14-23)26(17-30-28)29(36)33(3)24-15-16-34(20-24)19-22-11-7-5-8-12-22/h5,7-8,11-12,17-18,21,23-24H,4,6,9-10,13-16,19-20H2,1-3H3,(H,30,32)/t21-,24?/m1/s1.